The number of hydrogen-bond donors (Lipinski definition) is 3. The van der Waals surface area contributed by atoms with Gasteiger partial charge in [0.2, 0.25) is 0 Å². The van der Waals surface area contributed by atoms with Crippen LogP contribution >= 0.6 is 11.8 Å². The van der Waals surface area contributed by atoms with E-state index in [1.165, 1.54) is 28.3 Å². The van der Waals surface area contributed by atoms with Gasteiger partial charge in [0.25, 0.3) is 0 Å². The molecule has 23 heavy (non-hydrogen) atoms. The zero-order chi connectivity index (χ0) is 15.8. The smallest absolute Gasteiger partial charge is 0.123 e. The number of rotatable bonds is 3. The zero-order valence-corrected chi connectivity index (χ0v) is 13.8. The molecule has 3 N–H and O–H groups in total. The van der Waals surface area contributed by atoms with E-state index >= 15 is 0 Å². The molecule has 1 saturated heterocycles. The second kappa shape index (κ2) is 6.06. The second-order valence-corrected chi connectivity index (χ2v) is 6.97. The van der Waals surface area contributed by atoms with Gasteiger partial charge in [0.15, 0.2) is 0 Å². The van der Waals surface area contributed by atoms with E-state index in [0.717, 1.165) is 30.9 Å². The van der Waals surface area contributed by atoms with Gasteiger partial charge in [-0.2, -0.15) is 0 Å². The van der Waals surface area contributed by atoms with E-state index in [2.05, 4.69) is 34.3 Å². The van der Waals surface area contributed by atoms with Crippen molar-refractivity contribution in [2.24, 2.45) is 0 Å². The lowest BCUT2D eigenvalue weighted by atomic mass is 9.90. The molecule has 4 rings (SSSR count). The molecule has 2 aromatic rings. The molecule has 2 atom stereocenters. The Balaban J connectivity index is 1.68. The summed E-state index contributed by atoms with van der Waals surface area (Å²) in [5.74, 6) is 0.314. The van der Waals surface area contributed by atoms with Crippen LogP contribution in [-0.4, -0.2) is 25.4 Å². The highest BCUT2D eigenvalue weighted by molar-refractivity contribution is 7.98. The summed E-state index contributed by atoms with van der Waals surface area (Å²) >= 11 is 1.76. The SMILES string of the molecule is CSc1cc(Nc2ccc(F)cc2)cc2c1N[C@H]1CCNC[C@@H]21. The average molecular weight is 329 g/mol. The van der Waals surface area contributed by atoms with Gasteiger partial charge in [0.1, 0.15) is 5.82 Å². The number of thioether (sulfide) groups is 1. The molecule has 0 bridgehead atoms. The number of benzene rings is 2. The van der Waals surface area contributed by atoms with Crippen molar-refractivity contribution in [3.8, 4) is 0 Å². The Bertz CT molecular complexity index is 717. The Hall–Kier alpha value is -1.72. The minimum absolute atomic E-state index is 0.213. The second-order valence-electron chi connectivity index (χ2n) is 6.12. The molecular formula is C18H20FN3S. The molecule has 0 radical (unpaired) electrons. The predicted octanol–water partition coefficient (Wildman–Crippen LogP) is 4.16. The van der Waals surface area contributed by atoms with Crippen molar-refractivity contribution in [3.05, 3.63) is 47.8 Å². The fraction of sp³-hybridized carbons (Fsp3) is 0.333. The van der Waals surface area contributed by atoms with Gasteiger partial charge in [-0.15, -0.1) is 11.8 Å². The van der Waals surface area contributed by atoms with Gasteiger partial charge in [-0.05, 0) is 61.2 Å². The lowest BCUT2D eigenvalue weighted by Crippen LogP contribution is -2.38. The van der Waals surface area contributed by atoms with Gasteiger partial charge in [-0.25, -0.2) is 4.39 Å². The summed E-state index contributed by atoms with van der Waals surface area (Å²) < 4.78 is 13.1. The van der Waals surface area contributed by atoms with E-state index in [9.17, 15) is 4.39 Å². The third-order valence-corrected chi connectivity index (χ3v) is 5.46. The Morgan fingerprint density at radius 1 is 1.17 bits per heavy atom. The maximum Gasteiger partial charge on any atom is 0.123 e. The maximum absolute atomic E-state index is 13.1. The van der Waals surface area contributed by atoms with Crippen molar-refractivity contribution in [1.82, 2.24) is 5.32 Å². The lowest BCUT2D eigenvalue weighted by Gasteiger charge is -2.26. The third-order valence-electron chi connectivity index (χ3n) is 4.70. The van der Waals surface area contributed by atoms with E-state index in [-0.39, 0.29) is 5.82 Å². The van der Waals surface area contributed by atoms with Crippen molar-refractivity contribution in [3.63, 3.8) is 0 Å². The van der Waals surface area contributed by atoms with Gasteiger partial charge >= 0.3 is 0 Å². The minimum Gasteiger partial charge on any atom is -0.380 e. The number of fused-ring (bicyclic) bond motifs is 3. The van der Waals surface area contributed by atoms with Crippen LogP contribution in [-0.2, 0) is 0 Å². The third kappa shape index (κ3) is 2.79. The molecule has 2 aliphatic heterocycles. The van der Waals surface area contributed by atoms with Crippen molar-refractivity contribution in [2.45, 2.75) is 23.3 Å². The van der Waals surface area contributed by atoms with E-state index in [1.807, 2.05) is 0 Å². The average Bonchev–Trinajstić information content (AvgIpc) is 2.95. The maximum atomic E-state index is 13.1. The highest BCUT2D eigenvalue weighted by atomic mass is 32.2. The number of halogens is 1. The summed E-state index contributed by atoms with van der Waals surface area (Å²) in [6.07, 6.45) is 3.27. The first kappa shape index (κ1) is 14.8. The van der Waals surface area contributed by atoms with Crippen LogP contribution in [0.15, 0.2) is 41.3 Å². The molecular weight excluding hydrogens is 309 g/mol. The molecule has 2 aromatic carbocycles. The van der Waals surface area contributed by atoms with Gasteiger partial charge < -0.3 is 16.0 Å². The van der Waals surface area contributed by atoms with E-state index in [4.69, 9.17) is 0 Å². The van der Waals surface area contributed by atoms with Crippen LogP contribution in [0, 0.1) is 5.82 Å². The molecule has 3 nitrogen and oxygen atoms in total. The minimum atomic E-state index is -0.213. The van der Waals surface area contributed by atoms with Crippen LogP contribution in [0.1, 0.15) is 17.9 Å². The summed E-state index contributed by atoms with van der Waals surface area (Å²) in [7, 11) is 0. The van der Waals surface area contributed by atoms with E-state index in [1.54, 1.807) is 23.9 Å². The normalized spacial score (nSPS) is 22.2. The first-order valence-electron chi connectivity index (χ1n) is 7.96. The van der Waals surface area contributed by atoms with Crippen LogP contribution in [0.2, 0.25) is 0 Å². The summed E-state index contributed by atoms with van der Waals surface area (Å²) in [6.45, 7) is 2.11. The quantitative estimate of drug-likeness (QED) is 0.739. The van der Waals surface area contributed by atoms with Crippen LogP contribution in [0.3, 0.4) is 0 Å². The van der Waals surface area contributed by atoms with Crippen LogP contribution in [0.25, 0.3) is 0 Å². The molecule has 5 heteroatoms. The Morgan fingerprint density at radius 3 is 2.78 bits per heavy atom. The first-order chi connectivity index (χ1) is 11.2. The fourth-order valence-electron chi connectivity index (χ4n) is 3.56. The Labute approximate surface area is 140 Å². The molecule has 1 fully saturated rings. The van der Waals surface area contributed by atoms with Crippen molar-refractivity contribution < 1.29 is 4.39 Å². The summed E-state index contributed by atoms with van der Waals surface area (Å²) in [4.78, 5) is 1.27. The molecule has 0 spiro atoms. The number of piperidine rings is 1. The van der Waals surface area contributed by atoms with E-state index < -0.39 is 0 Å². The largest absolute Gasteiger partial charge is 0.380 e. The molecule has 2 aliphatic rings. The standard InChI is InChI=1S/C18H20FN3S/c1-23-17-9-13(21-12-4-2-11(19)3-5-12)8-14-15-10-20-7-6-16(15)22-18(14)17/h2-5,8-9,15-16,20-22H,6-7,10H2,1H3/t15-,16-/m0/s1. The summed E-state index contributed by atoms with van der Waals surface area (Å²) in [5.41, 5.74) is 4.65. The highest BCUT2D eigenvalue weighted by Crippen LogP contribution is 2.45. The molecule has 120 valence electrons. The predicted molar refractivity (Wildman–Crippen MR) is 95.5 cm³/mol. The van der Waals surface area contributed by atoms with Crippen LogP contribution in [0.5, 0.6) is 0 Å². The molecule has 0 saturated carbocycles. The first-order valence-corrected chi connectivity index (χ1v) is 9.19. The van der Waals surface area contributed by atoms with Gasteiger partial charge in [0, 0.05) is 34.8 Å². The molecule has 2 heterocycles. The monoisotopic (exact) mass is 329 g/mol. The fourth-order valence-corrected chi connectivity index (χ4v) is 4.19. The molecule has 0 aromatic heterocycles. The van der Waals surface area contributed by atoms with Crippen LogP contribution < -0.4 is 16.0 Å². The molecule has 0 aliphatic carbocycles. The Kier molecular flexibility index (Phi) is 3.91. The zero-order valence-electron chi connectivity index (χ0n) is 13.0. The summed E-state index contributed by atoms with van der Waals surface area (Å²) in [5, 5.41) is 10.6. The van der Waals surface area contributed by atoms with Gasteiger partial charge in [-0.1, -0.05) is 0 Å². The topological polar surface area (TPSA) is 36.1 Å². The molecule has 0 amide bonds. The number of anilines is 3. The highest BCUT2D eigenvalue weighted by Gasteiger charge is 2.35. The van der Waals surface area contributed by atoms with Gasteiger partial charge in [-0.3, -0.25) is 0 Å². The van der Waals surface area contributed by atoms with Crippen molar-refractivity contribution in [2.75, 3.05) is 30.0 Å². The van der Waals surface area contributed by atoms with Crippen molar-refractivity contribution in [1.29, 1.82) is 0 Å². The Morgan fingerprint density at radius 2 is 2.00 bits per heavy atom. The van der Waals surface area contributed by atoms with E-state index in [0.29, 0.717) is 12.0 Å². The summed E-state index contributed by atoms with van der Waals surface area (Å²) in [6, 6.07) is 11.4. The molecule has 0 unspecified atom stereocenters. The van der Waals surface area contributed by atoms with Crippen molar-refractivity contribution >= 4 is 28.8 Å². The van der Waals surface area contributed by atoms with Gasteiger partial charge in [0.05, 0.1) is 5.69 Å². The number of nitrogens with one attached hydrogen (secondary N) is 3. The lowest BCUT2D eigenvalue weighted by molar-refractivity contribution is 0.440. The van der Waals surface area contributed by atoms with Crippen LogP contribution in [0.4, 0.5) is 21.5 Å². The number of hydrogen-bond acceptors (Lipinski definition) is 4.